The summed E-state index contributed by atoms with van der Waals surface area (Å²) in [7, 11) is 0. The van der Waals surface area contributed by atoms with Crippen LogP contribution in [0.3, 0.4) is 0 Å². The zero-order chi connectivity index (χ0) is 11.5. The second-order valence-corrected chi connectivity index (χ2v) is 4.30. The third-order valence-corrected chi connectivity index (χ3v) is 1.79. The summed E-state index contributed by atoms with van der Waals surface area (Å²) in [5.74, 6) is -0.436. The predicted molar refractivity (Wildman–Crippen MR) is 56.0 cm³/mol. The standard InChI is InChI=1S/C12H15O3/c1-12(2,3)15-11(14)10-7-5-4-6-9(10)8-13/h4-7H,8H2,1-3H3. The van der Waals surface area contributed by atoms with E-state index in [1.165, 1.54) is 0 Å². The molecule has 0 aromatic heterocycles. The minimum atomic E-state index is -0.535. The fraction of sp³-hybridized carbons (Fsp3) is 0.417. The van der Waals surface area contributed by atoms with E-state index in [0.29, 0.717) is 11.1 Å². The highest BCUT2D eigenvalue weighted by Gasteiger charge is 2.19. The molecule has 1 aromatic rings. The normalized spacial score (nSPS) is 11.2. The minimum Gasteiger partial charge on any atom is -0.456 e. The predicted octanol–water partition coefficient (Wildman–Crippen LogP) is 2.57. The lowest BCUT2D eigenvalue weighted by Crippen LogP contribution is -2.24. The van der Waals surface area contributed by atoms with Crippen LogP contribution in [0.1, 0.15) is 36.7 Å². The molecule has 0 bridgehead atoms. The second kappa shape index (κ2) is 4.45. The topological polar surface area (TPSA) is 46.2 Å². The van der Waals surface area contributed by atoms with E-state index in [1.54, 1.807) is 45.0 Å². The molecule has 0 saturated carbocycles. The monoisotopic (exact) mass is 207 g/mol. The van der Waals surface area contributed by atoms with E-state index in [9.17, 15) is 9.90 Å². The highest BCUT2D eigenvalue weighted by molar-refractivity contribution is 5.91. The van der Waals surface area contributed by atoms with Crippen LogP contribution in [0.5, 0.6) is 0 Å². The van der Waals surface area contributed by atoms with Crippen molar-refractivity contribution in [2.45, 2.75) is 33.0 Å². The van der Waals surface area contributed by atoms with Crippen molar-refractivity contribution in [3.05, 3.63) is 35.4 Å². The van der Waals surface area contributed by atoms with Gasteiger partial charge >= 0.3 is 5.97 Å². The van der Waals surface area contributed by atoms with Crippen LogP contribution in [0, 0.1) is 0 Å². The number of hydrogen-bond acceptors (Lipinski definition) is 2. The van der Waals surface area contributed by atoms with Crippen LogP contribution in [-0.4, -0.2) is 11.6 Å². The highest BCUT2D eigenvalue weighted by Crippen LogP contribution is 2.15. The lowest BCUT2D eigenvalue weighted by atomic mass is 10.1. The lowest BCUT2D eigenvalue weighted by Gasteiger charge is -2.20. The number of benzene rings is 1. The molecule has 1 radical (unpaired) electrons. The quantitative estimate of drug-likeness (QED) is 0.700. The van der Waals surface area contributed by atoms with Crippen molar-refractivity contribution >= 4 is 5.97 Å². The Labute approximate surface area is 89.7 Å². The molecule has 1 rings (SSSR count). The van der Waals surface area contributed by atoms with Crippen LogP contribution in [0.15, 0.2) is 24.3 Å². The van der Waals surface area contributed by atoms with Crippen LogP contribution in [-0.2, 0) is 16.5 Å². The molecular formula is C12H15O3. The van der Waals surface area contributed by atoms with E-state index < -0.39 is 18.2 Å². The first-order chi connectivity index (χ1) is 6.94. The van der Waals surface area contributed by atoms with Crippen LogP contribution in [0.25, 0.3) is 0 Å². The maximum absolute atomic E-state index is 11.7. The Balaban J connectivity index is 2.91. The van der Waals surface area contributed by atoms with Gasteiger partial charge in [0.15, 0.2) is 0 Å². The summed E-state index contributed by atoms with van der Waals surface area (Å²) in [5, 5.41) is 10.8. The summed E-state index contributed by atoms with van der Waals surface area (Å²) in [6.45, 7) is 4.98. The number of carbonyl (C=O) groups is 1. The van der Waals surface area contributed by atoms with Crippen LogP contribution < -0.4 is 0 Å². The molecule has 0 atom stereocenters. The van der Waals surface area contributed by atoms with Crippen LogP contribution in [0.2, 0.25) is 0 Å². The minimum absolute atomic E-state index is 0.363. The van der Waals surface area contributed by atoms with Crippen molar-refractivity contribution in [2.75, 3.05) is 0 Å². The van der Waals surface area contributed by atoms with Gasteiger partial charge in [0, 0.05) is 0 Å². The Kier molecular flexibility index (Phi) is 3.48. The third-order valence-electron chi connectivity index (χ3n) is 1.79. The number of ether oxygens (including phenoxy) is 1. The Bertz CT molecular complexity index is 350. The van der Waals surface area contributed by atoms with Crippen molar-refractivity contribution in [3.8, 4) is 0 Å². The van der Waals surface area contributed by atoms with Gasteiger partial charge in [0.25, 0.3) is 0 Å². The van der Waals surface area contributed by atoms with E-state index >= 15 is 0 Å². The number of rotatable bonds is 2. The van der Waals surface area contributed by atoms with Gasteiger partial charge in [0.05, 0.1) is 5.56 Å². The zero-order valence-electron chi connectivity index (χ0n) is 9.24. The second-order valence-electron chi connectivity index (χ2n) is 4.30. The molecular weight excluding hydrogens is 192 g/mol. The fourth-order valence-corrected chi connectivity index (χ4v) is 1.18. The SMILES string of the molecule is CC(C)(C)OC(=O)c1ccccc1C[O]. The summed E-state index contributed by atoms with van der Waals surface area (Å²) in [5.41, 5.74) is 0.307. The molecule has 0 fully saturated rings. The zero-order valence-corrected chi connectivity index (χ0v) is 9.24. The van der Waals surface area contributed by atoms with E-state index in [0.717, 1.165) is 0 Å². The first kappa shape index (κ1) is 11.7. The summed E-state index contributed by atoms with van der Waals surface area (Å²) in [6.07, 6.45) is 0. The molecule has 15 heavy (non-hydrogen) atoms. The van der Waals surface area contributed by atoms with Gasteiger partial charge in [-0.1, -0.05) is 18.2 Å². The molecule has 0 spiro atoms. The molecule has 3 nitrogen and oxygen atoms in total. The number of carbonyl (C=O) groups excluding carboxylic acids is 1. The van der Waals surface area contributed by atoms with Gasteiger partial charge in [0.2, 0.25) is 0 Å². The van der Waals surface area contributed by atoms with Crippen LogP contribution >= 0.6 is 0 Å². The average Bonchev–Trinajstić information content (AvgIpc) is 2.15. The molecule has 0 aliphatic rings. The highest BCUT2D eigenvalue weighted by atomic mass is 16.6. The molecule has 0 amide bonds. The van der Waals surface area contributed by atoms with E-state index in [2.05, 4.69) is 0 Å². The van der Waals surface area contributed by atoms with Crippen molar-refractivity contribution in [1.82, 2.24) is 0 Å². The average molecular weight is 207 g/mol. The number of hydrogen-bond donors (Lipinski definition) is 0. The maximum atomic E-state index is 11.7. The van der Waals surface area contributed by atoms with E-state index in [4.69, 9.17) is 4.74 Å². The first-order valence-electron chi connectivity index (χ1n) is 4.83. The van der Waals surface area contributed by atoms with Gasteiger partial charge in [-0.3, -0.25) is 0 Å². The maximum Gasteiger partial charge on any atom is 0.339 e. The Morgan fingerprint density at radius 3 is 2.40 bits per heavy atom. The molecule has 0 unspecified atom stereocenters. The summed E-state index contributed by atoms with van der Waals surface area (Å²) < 4.78 is 5.19. The van der Waals surface area contributed by atoms with Gasteiger partial charge in [-0.2, -0.15) is 0 Å². The molecule has 81 valence electrons. The van der Waals surface area contributed by atoms with Gasteiger partial charge < -0.3 is 4.74 Å². The van der Waals surface area contributed by atoms with Crippen molar-refractivity contribution in [2.24, 2.45) is 0 Å². The van der Waals surface area contributed by atoms with Gasteiger partial charge in [-0.25, -0.2) is 9.90 Å². The summed E-state index contributed by atoms with van der Waals surface area (Å²) in [6, 6.07) is 6.72. The molecule has 0 saturated heterocycles. The Hall–Kier alpha value is -1.35. The van der Waals surface area contributed by atoms with Crippen molar-refractivity contribution < 1.29 is 14.6 Å². The van der Waals surface area contributed by atoms with E-state index in [1.807, 2.05) is 0 Å². The third kappa shape index (κ3) is 3.36. The molecule has 0 aliphatic carbocycles. The molecule has 0 N–H and O–H groups in total. The Morgan fingerprint density at radius 2 is 1.87 bits per heavy atom. The summed E-state index contributed by atoms with van der Waals surface area (Å²) >= 11 is 0. The van der Waals surface area contributed by atoms with Gasteiger partial charge in [-0.15, -0.1) is 0 Å². The molecule has 1 aromatic carbocycles. The molecule has 3 heteroatoms. The smallest absolute Gasteiger partial charge is 0.339 e. The first-order valence-corrected chi connectivity index (χ1v) is 4.83. The summed E-state index contributed by atoms with van der Waals surface area (Å²) in [4.78, 5) is 11.7. The largest absolute Gasteiger partial charge is 0.456 e. The molecule has 0 aliphatic heterocycles. The molecule has 0 heterocycles. The number of esters is 1. The fourth-order valence-electron chi connectivity index (χ4n) is 1.18. The van der Waals surface area contributed by atoms with E-state index in [-0.39, 0.29) is 0 Å². The van der Waals surface area contributed by atoms with Gasteiger partial charge in [0.1, 0.15) is 12.2 Å². The van der Waals surface area contributed by atoms with Crippen molar-refractivity contribution in [1.29, 1.82) is 0 Å². The Morgan fingerprint density at radius 1 is 1.27 bits per heavy atom. The lowest BCUT2D eigenvalue weighted by molar-refractivity contribution is 0.00652. The van der Waals surface area contributed by atoms with Crippen LogP contribution in [0.4, 0.5) is 0 Å². The van der Waals surface area contributed by atoms with Crippen molar-refractivity contribution in [3.63, 3.8) is 0 Å². The van der Waals surface area contributed by atoms with Gasteiger partial charge in [-0.05, 0) is 32.4 Å².